The highest BCUT2D eigenvalue weighted by Crippen LogP contribution is 2.19. The Morgan fingerprint density at radius 2 is 1.94 bits per heavy atom. The molecule has 78 valence electrons. The Bertz CT molecular complexity index is 629. The number of nitrogens with zero attached hydrogens (tertiary/aromatic N) is 3. The summed E-state index contributed by atoms with van der Waals surface area (Å²) in [5.41, 5.74) is 7.22. The van der Waals surface area contributed by atoms with E-state index < -0.39 is 0 Å². The molecule has 0 radical (unpaired) electrons. The second-order valence-corrected chi connectivity index (χ2v) is 3.43. The summed E-state index contributed by atoms with van der Waals surface area (Å²) in [6.07, 6.45) is 1.68. The first-order valence-electron chi connectivity index (χ1n) is 4.86. The molecule has 0 saturated heterocycles. The summed E-state index contributed by atoms with van der Waals surface area (Å²) in [6.45, 7) is 0. The van der Waals surface area contributed by atoms with Gasteiger partial charge in [0, 0.05) is 11.8 Å². The van der Waals surface area contributed by atoms with Gasteiger partial charge in [0.05, 0.1) is 5.39 Å². The predicted octanol–water partition coefficient (Wildman–Crippen LogP) is 1.60. The topological polar surface area (TPSA) is 80.5 Å². The summed E-state index contributed by atoms with van der Waals surface area (Å²) < 4.78 is 0. The molecule has 0 spiro atoms. The summed E-state index contributed by atoms with van der Waals surface area (Å²) >= 11 is 0. The molecule has 0 unspecified atom stereocenters. The quantitative estimate of drug-likeness (QED) is 0.640. The number of hydrogen-bond donors (Lipinski definition) is 2. The fourth-order valence-corrected chi connectivity index (χ4v) is 1.55. The largest absolute Gasteiger partial charge is 0.383 e. The Morgan fingerprint density at radius 3 is 2.75 bits per heavy atom. The Morgan fingerprint density at radius 1 is 1.12 bits per heavy atom. The Labute approximate surface area is 91.3 Å². The first-order chi connectivity index (χ1) is 7.84. The molecule has 5 nitrogen and oxygen atoms in total. The Kier molecular flexibility index (Phi) is 1.83. The van der Waals surface area contributed by atoms with E-state index in [0.717, 1.165) is 10.9 Å². The van der Waals surface area contributed by atoms with Crippen LogP contribution in [0.2, 0.25) is 0 Å². The van der Waals surface area contributed by atoms with Gasteiger partial charge in [-0.15, -0.1) is 0 Å². The minimum absolute atomic E-state index is 0.495. The minimum Gasteiger partial charge on any atom is -0.383 e. The van der Waals surface area contributed by atoms with Crippen molar-refractivity contribution < 1.29 is 0 Å². The van der Waals surface area contributed by atoms with Crippen LogP contribution < -0.4 is 5.73 Å². The van der Waals surface area contributed by atoms with Gasteiger partial charge in [-0.25, -0.2) is 9.97 Å². The maximum absolute atomic E-state index is 5.67. The number of hydrogen-bond acceptors (Lipinski definition) is 4. The van der Waals surface area contributed by atoms with Crippen LogP contribution in [-0.4, -0.2) is 20.2 Å². The fraction of sp³-hybridized carbons (Fsp3) is 0. The van der Waals surface area contributed by atoms with Crippen molar-refractivity contribution in [1.29, 1.82) is 0 Å². The highest BCUT2D eigenvalue weighted by molar-refractivity contribution is 5.85. The molecule has 0 aliphatic rings. The highest BCUT2D eigenvalue weighted by atomic mass is 15.2. The lowest BCUT2D eigenvalue weighted by atomic mass is 10.2. The van der Waals surface area contributed by atoms with E-state index >= 15 is 0 Å². The van der Waals surface area contributed by atoms with Gasteiger partial charge in [-0.2, -0.15) is 5.10 Å². The van der Waals surface area contributed by atoms with Crippen LogP contribution in [-0.2, 0) is 0 Å². The maximum Gasteiger partial charge on any atom is 0.186 e. The summed E-state index contributed by atoms with van der Waals surface area (Å²) in [4.78, 5) is 8.59. The lowest BCUT2D eigenvalue weighted by molar-refractivity contribution is 1.10. The van der Waals surface area contributed by atoms with Crippen LogP contribution in [0.1, 0.15) is 0 Å². The molecule has 3 rings (SSSR count). The van der Waals surface area contributed by atoms with Crippen molar-refractivity contribution in [3.05, 3.63) is 36.5 Å². The van der Waals surface area contributed by atoms with Crippen molar-refractivity contribution in [1.82, 2.24) is 20.2 Å². The van der Waals surface area contributed by atoms with Crippen molar-refractivity contribution in [2.75, 3.05) is 5.73 Å². The molecule has 3 N–H and O–H groups in total. The van der Waals surface area contributed by atoms with Gasteiger partial charge >= 0.3 is 0 Å². The van der Waals surface area contributed by atoms with Gasteiger partial charge in [-0.3, -0.25) is 5.10 Å². The van der Waals surface area contributed by atoms with Crippen LogP contribution in [0.5, 0.6) is 0 Å². The van der Waals surface area contributed by atoms with Gasteiger partial charge in [0.25, 0.3) is 0 Å². The average Bonchev–Trinajstić information content (AvgIpc) is 2.72. The van der Waals surface area contributed by atoms with Crippen molar-refractivity contribution in [3.63, 3.8) is 0 Å². The van der Waals surface area contributed by atoms with Crippen LogP contribution in [0, 0.1) is 0 Å². The summed E-state index contributed by atoms with van der Waals surface area (Å²) in [7, 11) is 0. The molecule has 2 aromatic heterocycles. The van der Waals surface area contributed by atoms with Crippen molar-refractivity contribution in [2.45, 2.75) is 0 Å². The number of aromatic nitrogens is 4. The Hall–Kier alpha value is -2.43. The molecular weight excluding hydrogens is 202 g/mol. The van der Waals surface area contributed by atoms with E-state index in [4.69, 9.17) is 5.73 Å². The van der Waals surface area contributed by atoms with Crippen molar-refractivity contribution >= 4 is 16.9 Å². The third-order valence-electron chi connectivity index (χ3n) is 2.37. The van der Waals surface area contributed by atoms with Crippen molar-refractivity contribution in [3.8, 4) is 11.4 Å². The number of benzene rings is 1. The highest BCUT2D eigenvalue weighted by Gasteiger charge is 2.06. The molecule has 0 fully saturated rings. The molecule has 3 aromatic rings. The molecule has 0 amide bonds. The van der Waals surface area contributed by atoms with Gasteiger partial charge in [-0.05, 0) is 0 Å². The zero-order chi connectivity index (χ0) is 11.0. The molecule has 0 atom stereocenters. The molecule has 5 heteroatoms. The van der Waals surface area contributed by atoms with E-state index in [9.17, 15) is 0 Å². The zero-order valence-electron chi connectivity index (χ0n) is 8.38. The minimum atomic E-state index is 0.495. The maximum atomic E-state index is 5.67. The zero-order valence-corrected chi connectivity index (χ0v) is 8.38. The molecule has 0 saturated carbocycles. The second kappa shape index (κ2) is 3.30. The van der Waals surface area contributed by atoms with E-state index in [0.29, 0.717) is 17.3 Å². The number of aromatic amines is 1. The summed E-state index contributed by atoms with van der Waals surface area (Å²) in [5.74, 6) is 1.15. The average molecular weight is 211 g/mol. The Balaban J connectivity index is 2.19. The first kappa shape index (κ1) is 8.84. The number of nitrogens with two attached hydrogens (primary N) is 1. The van der Waals surface area contributed by atoms with Gasteiger partial charge in [0.2, 0.25) is 0 Å². The van der Waals surface area contributed by atoms with Gasteiger partial charge in [0.1, 0.15) is 5.82 Å². The van der Waals surface area contributed by atoms with Gasteiger partial charge in [-0.1, -0.05) is 30.3 Å². The molecule has 0 bridgehead atoms. The fourth-order valence-electron chi connectivity index (χ4n) is 1.55. The first-order valence-corrected chi connectivity index (χ1v) is 4.86. The van der Waals surface area contributed by atoms with Crippen LogP contribution in [0.3, 0.4) is 0 Å². The summed E-state index contributed by atoms with van der Waals surface area (Å²) in [6, 6.07) is 9.76. The SMILES string of the molecule is Nc1[nH]nc2nc(-c3ccccc3)ncc12. The third-order valence-corrected chi connectivity index (χ3v) is 2.37. The van der Waals surface area contributed by atoms with E-state index in [-0.39, 0.29) is 0 Å². The van der Waals surface area contributed by atoms with E-state index in [1.165, 1.54) is 0 Å². The van der Waals surface area contributed by atoms with E-state index in [1.807, 2.05) is 30.3 Å². The molecule has 0 aliphatic heterocycles. The molecule has 0 aliphatic carbocycles. The number of fused-ring (bicyclic) bond motifs is 1. The monoisotopic (exact) mass is 211 g/mol. The van der Waals surface area contributed by atoms with Crippen molar-refractivity contribution in [2.24, 2.45) is 0 Å². The number of H-pyrrole nitrogens is 1. The smallest absolute Gasteiger partial charge is 0.186 e. The van der Waals surface area contributed by atoms with Crippen LogP contribution >= 0.6 is 0 Å². The van der Waals surface area contributed by atoms with Crippen LogP contribution in [0.4, 0.5) is 5.82 Å². The number of anilines is 1. The molecular formula is C11H9N5. The number of nitrogens with one attached hydrogen (secondary N) is 1. The van der Waals surface area contributed by atoms with Gasteiger partial charge in [0.15, 0.2) is 11.5 Å². The molecule has 16 heavy (non-hydrogen) atoms. The molecule has 2 heterocycles. The number of nitrogen functional groups attached to an aromatic ring is 1. The lowest BCUT2D eigenvalue weighted by Crippen LogP contribution is -1.89. The standard InChI is InChI=1S/C11H9N5/c12-9-8-6-13-10(14-11(8)16-15-9)7-4-2-1-3-5-7/h1-6H,(H3,12,13,14,15,16). The van der Waals surface area contributed by atoms with E-state index in [1.54, 1.807) is 6.20 Å². The van der Waals surface area contributed by atoms with Crippen LogP contribution in [0.15, 0.2) is 36.5 Å². The third kappa shape index (κ3) is 1.30. The number of rotatable bonds is 1. The normalized spacial score (nSPS) is 10.8. The summed E-state index contributed by atoms with van der Waals surface area (Å²) in [5, 5.41) is 7.43. The van der Waals surface area contributed by atoms with Gasteiger partial charge < -0.3 is 5.73 Å². The van der Waals surface area contributed by atoms with Crippen LogP contribution in [0.25, 0.3) is 22.4 Å². The second-order valence-electron chi connectivity index (χ2n) is 3.43. The predicted molar refractivity (Wildman–Crippen MR) is 61.5 cm³/mol. The lowest BCUT2D eigenvalue weighted by Gasteiger charge is -1.98. The molecule has 1 aromatic carbocycles. The van der Waals surface area contributed by atoms with E-state index in [2.05, 4.69) is 20.2 Å².